The number of amides is 1. The Balaban J connectivity index is 1.61. The molecular formula is C22H21N3O2. The Morgan fingerprint density at radius 1 is 0.963 bits per heavy atom. The molecular weight excluding hydrogens is 338 g/mol. The smallest absolute Gasteiger partial charge is 0.277 e. The molecule has 0 unspecified atom stereocenters. The number of hydrogen-bond donors (Lipinski definition) is 2. The van der Waals surface area contributed by atoms with E-state index in [1.54, 1.807) is 12.1 Å². The number of ether oxygens (including phenoxy) is 1. The molecule has 1 amide bonds. The summed E-state index contributed by atoms with van der Waals surface area (Å²) >= 11 is 0. The second kappa shape index (κ2) is 8.67. The number of nitrogens with two attached hydrogens (primary N) is 1. The summed E-state index contributed by atoms with van der Waals surface area (Å²) in [7, 11) is 0. The molecule has 3 N–H and O–H groups in total. The Hall–Kier alpha value is -3.60. The Kier molecular flexibility index (Phi) is 5.84. The van der Waals surface area contributed by atoms with E-state index in [1.165, 1.54) is 0 Å². The van der Waals surface area contributed by atoms with Crippen LogP contribution in [-0.2, 0) is 4.79 Å². The zero-order valence-corrected chi connectivity index (χ0v) is 15.1. The molecule has 3 aromatic rings. The minimum absolute atomic E-state index is 0.123. The van der Waals surface area contributed by atoms with Gasteiger partial charge in [0.2, 0.25) is 0 Å². The van der Waals surface area contributed by atoms with Crippen molar-refractivity contribution in [2.45, 2.75) is 6.92 Å². The van der Waals surface area contributed by atoms with Gasteiger partial charge in [-0.05, 0) is 36.2 Å². The lowest BCUT2D eigenvalue weighted by Crippen LogP contribution is -2.25. The van der Waals surface area contributed by atoms with Gasteiger partial charge in [-0.2, -0.15) is 5.10 Å². The lowest BCUT2D eigenvalue weighted by molar-refractivity contribution is -0.123. The van der Waals surface area contributed by atoms with E-state index in [4.69, 9.17) is 10.5 Å². The fourth-order valence-electron chi connectivity index (χ4n) is 2.56. The highest BCUT2D eigenvalue weighted by Gasteiger charge is 2.08. The van der Waals surface area contributed by atoms with Crippen molar-refractivity contribution in [1.29, 1.82) is 0 Å². The van der Waals surface area contributed by atoms with E-state index in [9.17, 15) is 4.79 Å². The highest BCUT2D eigenvalue weighted by Crippen LogP contribution is 2.29. The predicted octanol–water partition coefficient (Wildman–Crippen LogP) is 3.86. The van der Waals surface area contributed by atoms with Gasteiger partial charge in [0.25, 0.3) is 5.91 Å². The zero-order chi connectivity index (χ0) is 19.1. The van der Waals surface area contributed by atoms with Crippen LogP contribution in [0.25, 0.3) is 11.1 Å². The molecule has 0 aliphatic heterocycles. The lowest BCUT2D eigenvalue weighted by atomic mass is 10.1. The number of hydrazone groups is 1. The van der Waals surface area contributed by atoms with E-state index in [-0.39, 0.29) is 12.5 Å². The topological polar surface area (TPSA) is 76.7 Å². The van der Waals surface area contributed by atoms with Crippen LogP contribution in [0.5, 0.6) is 5.75 Å². The third kappa shape index (κ3) is 4.95. The third-order valence-corrected chi connectivity index (χ3v) is 4.01. The van der Waals surface area contributed by atoms with Crippen molar-refractivity contribution in [1.82, 2.24) is 5.43 Å². The Morgan fingerprint density at radius 2 is 1.63 bits per heavy atom. The van der Waals surface area contributed by atoms with E-state index in [1.807, 2.05) is 73.7 Å². The van der Waals surface area contributed by atoms with E-state index in [0.717, 1.165) is 16.7 Å². The Bertz CT molecular complexity index is 935. The maximum Gasteiger partial charge on any atom is 0.277 e. The van der Waals surface area contributed by atoms with Gasteiger partial charge in [0, 0.05) is 11.3 Å². The number of anilines is 1. The summed E-state index contributed by atoms with van der Waals surface area (Å²) < 4.78 is 5.71. The lowest BCUT2D eigenvalue weighted by Gasteiger charge is -2.11. The number of carbonyl (C=O) groups is 1. The largest absolute Gasteiger partial charge is 0.483 e. The average Bonchev–Trinajstić information content (AvgIpc) is 2.72. The van der Waals surface area contributed by atoms with Gasteiger partial charge in [-0.25, -0.2) is 5.43 Å². The van der Waals surface area contributed by atoms with Crippen LogP contribution in [0.4, 0.5) is 5.69 Å². The maximum absolute atomic E-state index is 12.1. The van der Waals surface area contributed by atoms with Crippen LogP contribution in [0, 0.1) is 0 Å². The molecule has 0 aromatic heterocycles. The minimum atomic E-state index is -0.326. The van der Waals surface area contributed by atoms with Gasteiger partial charge < -0.3 is 10.5 Å². The first-order valence-electron chi connectivity index (χ1n) is 8.60. The summed E-state index contributed by atoms with van der Waals surface area (Å²) in [6, 6.07) is 24.8. The van der Waals surface area contributed by atoms with Crippen molar-refractivity contribution in [3.05, 3.63) is 84.4 Å². The zero-order valence-electron chi connectivity index (χ0n) is 15.1. The van der Waals surface area contributed by atoms with Crippen LogP contribution in [0.15, 0.2) is 84.0 Å². The second-order valence-corrected chi connectivity index (χ2v) is 6.01. The van der Waals surface area contributed by atoms with Gasteiger partial charge in [-0.1, -0.05) is 60.7 Å². The predicted molar refractivity (Wildman–Crippen MR) is 109 cm³/mol. The SMILES string of the molecule is C/C(=N\NC(=O)COc1ccccc1-c1ccccc1)c1ccc(N)cc1. The van der Waals surface area contributed by atoms with Crippen molar-refractivity contribution in [3.8, 4) is 16.9 Å². The minimum Gasteiger partial charge on any atom is -0.483 e. The first kappa shape index (κ1) is 18.2. The standard InChI is InChI=1S/C22H21N3O2/c1-16(17-11-13-19(23)14-12-17)24-25-22(26)15-27-21-10-6-5-9-20(21)18-7-3-2-4-8-18/h2-14H,15,23H2,1H3,(H,25,26)/b24-16+. The number of benzene rings is 3. The molecule has 0 aliphatic rings. The van der Waals surface area contributed by atoms with Crippen molar-refractivity contribution in [3.63, 3.8) is 0 Å². The van der Waals surface area contributed by atoms with E-state index in [0.29, 0.717) is 17.1 Å². The van der Waals surface area contributed by atoms with Crippen LogP contribution in [-0.4, -0.2) is 18.2 Å². The Labute approximate surface area is 158 Å². The van der Waals surface area contributed by atoms with E-state index in [2.05, 4.69) is 10.5 Å². The molecule has 0 bridgehead atoms. The number of nitrogen functional groups attached to an aromatic ring is 1. The number of rotatable bonds is 6. The Morgan fingerprint density at radius 3 is 2.37 bits per heavy atom. The molecule has 0 heterocycles. The van der Waals surface area contributed by atoms with Crippen LogP contribution < -0.4 is 15.9 Å². The molecule has 0 aliphatic carbocycles. The molecule has 136 valence electrons. The number of hydrogen-bond acceptors (Lipinski definition) is 4. The van der Waals surface area contributed by atoms with Crippen LogP contribution in [0.2, 0.25) is 0 Å². The van der Waals surface area contributed by atoms with Gasteiger partial charge in [-0.15, -0.1) is 0 Å². The molecule has 27 heavy (non-hydrogen) atoms. The summed E-state index contributed by atoms with van der Waals surface area (Å²) in [4.78, 5) is 12.1. The molecule has 5 nitrogen and oxygen atoms in total. The third-order valence-electron chi connectivity index (χ3n) is 4.01. The number of nitrogens with zero attached hydrogens (tertiary/aromatic N) is 1. The first-order chi connectivity index (χ1) is 13.1. The van der Waals surface area contributed by atoms with Crippen molar-refractivity contribution in [2.75, 3.05) is 12.3 Å². The summed E-state index contributed by atoms with van der Waals surface area (Å²) in [5.74, 6) is 0.325. The van der Waals surface area contributed by atoms with Gasteiger partial charge in [0.05, 0.1) is 5.71 Å². The summed E-state index contributed by atoms with van der Waals surface area (Å²) in [6.45, 7) is 1.69. The molecule has 0 saturated carbocycles. The monoisotopic (exact) mass is 359 g/mol. The van der Waals surface area contributed by atoms with Gasteiger partial charge >= 0.3 is 0 Å². The maximum atomic E-state index is 12.1. The molecule has 0 atom stereocenters. The van der Waals surface area contributed by atoms with Crippen molar-refractivity contribution < 1.29 is 9.53 Å². The van der Waals surface area contributed by atoms with Crippen LogP contribution in [0.1, 0.15) is 12.5 Å². The van der Waals surface area contributed by atoms with Crippen LogP contribution >= 0.6 is 0 Å². The van der Waals surface area contributed by atoms with Crippen molar-refractivity contribution in [2.24, 2.45) is 5.10 Å². The number of nitrogens with one attached hydrogen (secondary N) is 1. The second-order valence-electron chi connectivity index (χ2n) is 6.01. The summed E-state index contributed by atoms with van der Waals surface area (Å²) in [5, 5.41) is 4.11. The highest BCUT2D eigenvalue weighted by atomic mass is 16.5. The molecule has 0 spiro atoms. The molecule has 0 radical (unpaired) electrons. The van der Waals surface area contributed by atoms with Gasteiger partial charge in [0.1, 0.15) is 5.75 Å². The fraction of sp³-hybridized carbons (Fsp3) is 0.0909. The fourth-order valence-corrected chi connectivity index (χ4v) is 2.56. The molecule has 3 aromatic carbocycles. The van der Waals surface area contributed by atoms with Crippen LogP contribution in [0.3, 0.4) is 0 Å². The number of para-hydroxylation sites is 1. The molecule has 0 fully saturated rings. The van der Waals surface area contributed by atoms with Crippen molar-refractivity contribution >= 4 is 17.3 Å². The van der Waals surface area contributed by atoms with E-state index >= 15 is 0 Å². The number of carbonyl (C=O) groups excluding carboxylic acids is 1. The highest BCUT2D eigenvalue weighted by molar-refractivity contribution is 5.99. The average molecular weight is 359 g/mol. The quantitative estimate of drug-likeness (QED) is 0.399. The van der Waals surface area contributed by atoms with Gasteiger partial charge in [0.15, 0.2) is 6.61 Å². The molecule has 3 rings (SSSR count). The normalized spacial score (nSPS) is 11.1. The van der Waals surface area contributed by atoms with E-state index < -0.39 is 0 Å². The summed E-state index contributed by atoms with van der Waals surface area (Å²) in [5.41, 5.74) is 12.4. The molecule has 5 heteroatoms. The molecule has 0 saturated heterocycles. The summed E-state index contributed by atoms with van der Waals surface area (Å²) in [6.07, 6.45) is 0. The first-order valence-corrected chi connectivity index (χ1v) is 8.60. The van der Waals surface area contributed by atoms with Gasteiger partial charge in [-0.3, -0.25) is 4.79 Å².